The van der Waals surface area contributed by atoms with Crippen molar-refractivity contribution < 1.29 is 14.7 Å². The number of hydrogen-bond donors (Lipinski definition) is 3. The Labute approximate surface area is 95.8 Å². The summed E-state index contributed by atoms with van der Waals surface area (Å²) < 4.78 is 0. The van der Waals surface area contributed by atoms with E-state index in [2.05, 4.69) is 5.32 Å². The maximum atomic E-state index is 11.2. The molecule has 0 rings (SSSR count). The molecule has 0 aliphatic heterocycles. The van der Waals surface area contributed by atoms with Gasteiger partial charge in [0.1, 0.15) is 6.04 Å². The molecule has 1 amide bonds. The van der Waals surface area contributed by atoms with Gasteiger partial charge in [0, 0.05) is 6.54 Å². The van der Waals surface area contributed by atoms with Crippen LogP contribution in [0.2, 0.25) is 0 Å². The van der Waals surface area contributed by atoms with Crippen molar-refractivity contribution >= 4 is 24.3 Å². The quantitative estimate of drug-likeness (QED) is 0.660. The first-order chi connectivity index (χ1) is 6.22. The second-order valence-electron chi connectivity index (χ2n) is 4.49. The summed E-state index contributed by atoms with van der Waals surface area (Å²) in [6.45, 7) is 6.44. The first kappa shape index (κ1) is 16.6. The topological polar surface area (TPSA) is 92.4 Å². The van der Waals surface area contributed by atoms with Crippen LogP contribution in [0.5, 0.6) is 0 Å². The fourth-order valence-electron chi connectivity index (χ4n) is 0.723. The maximum absolute atomic E-state index is 11.2. The first-order valence-electron chi connectivity index (χ1n) is 4.47. The van der Waals surface area contributed by atoms with Gasteiger partial charge in [0.15, 0.2) is 0 Å². The molecule has 0 fully saturated rings. The second-order valence-corrected chi connectivity index (χ2v) is 4.49. The molecule has 4 N–H and O–H groups in total. The van der Waals surface area contributed by atoms with Gasteiger partial charge in [-0.15, -0.1) is 12.4 Å². The van der Waals surface area contributed by atoms with Crippen molar-refractivity contribution in [1.82, 2.24) is 5.32 Å². The number of nitrogens with two attached hydrogens (primary N) is 1. The summed E-state index contributed by atoms with van der Waals surface area (Å²) in [4.78, 5) is 21.5. The Morgan fingerprint density at radius 2 is 1.87 bits per heavy atom. The number of rotatable bonds is 4. The number of hydrogen-bond acceptors (Lipinski definition) is 3. The summed E-state index contributed by atoms with van der Waals surface area (Å²) in [7, 11) is 0. The Kier molecular flexibility index (Phi) is 7.35. The number of carboxylic acid groups (broad SMARTS) is 1. The van der Waals surface area contributed by atoms with Crippen molar-refractivity contribution in [3.05, 3.63) is 0 Å². The average Bonchev–Trinajstić information content (AvgIpc) is 1.99. The van der Waals surface area contributed by atoms with Crippen LogP contribution in [-0.4, -0.2) is 29.6 Å². The van der Waals surface area contributed by atoms with E-state index in [-0.39, 0.29) is 30.2 Å². The minimum absolute atomic E-state index is 0. The molecule has 15 heavy (non-hydrogen) atoms. The van der Waals surface area contributed by atoms with Crippen LogP contribution < -0.4 is 11.1 Å². The van der Waals surface area contributed by atoms with Gasteiger partial charge in [0.25, 0.3) is 0 Å². The van der Waals surface area contributed by atoms with Crippen LogP contribution in [0.3, 0.4) is 0 Å². The monoisotopic (exact) mass is 238 g/mol. The SMILES string of the molecule is CC(C)(C)CNC(=O)C[C@H](N)C(=O)O.Cl. The summed E-state index contributed by atoms with van der Waals surface area (Å²) in [5.74, 6) is -1.48. The summed E-state index contributed by atoms with van der Waals surface area (Å²) >= 11 is 0. The normalized spacial score (nSPS) is 12.5. The van der Waals surface area contributed by atoms with E-state index in [1.807, 2.05) is 20.8 Å². The van der Waals surface area contributed by atoms with E-state index in [1.165, 1.54) is 0 Å². The third-order valence-corrected chi connectivity index (χ3v) is 1.54. The van der Waals surface area contributed by atoms with E-state index in [9.17, 15) is 9.59 Å². The molecule has 0 aromatic rings. The molecule has 0 aromatic carbocycles. The highest BCUT2D eigenvalue weighted by atomic mass is 35.5. The summed E-state index contributed by atoms with van der Waals surface area (Å²) in [5, 5.41) is 11.1. The van der Waals surface area contributed by atoms with Crippen molar-refractivity contribution in [2.75, 3.05) is 6.54 Å². The predicted molar refractivity (Wildman–Crippen MR) is 59.9 cm³/mol. The Balaban J connectivity index is 0. The zero-order valence-electron chi connectivity index (χ0n) is 9.24. The lowest BCUT2D eigenvalue weighted by atomic mass is 9.97. The molecule has 0 aliphatic carbocycles. The molecule has 0 unspecified atom stereocenters. The molecule has 0 saturated heterocycles. The zero-order valence-corrected chi connectivity index (χ0v) is 10.1. The molecule has 90 valence electrons. The number of carbonyl (C=O) groups is 2. The van der Waals surface area contributed by atoms with Gasteiger partial charge in [0.2, 0.25) is 5.91 Å². The van der Waals surface area contributed by atoms with Crippen LogP contribution in [0.25, 0.3) is 0 Å². The largest absolute Gasteiger partial charge is 0.480 e. The highest BCUT2D eigenvalue weighted by molar-refractivity contribution is 5.85. The number of nitrogens with one attached hydrogen (secondary N) is 1. The van der Waals surface area contributed by atoms with Gasteiger partial charge in [-0.2, -0.15) is 0 Å². The predicted octanol–water partition coefficient (Wildman–Crippen LogP) is 0.373. The van der Waals surface area contributed by atoms with Crippen molar-refractivity contribution in [3.8, 4) is 0 Å². The van der Waals surface area contributed by atoms with Gasteiger partial charge in [0.05, 0.1) is 6.42 Å². The summed E-state index contributed by atoms with van der Waals surface area (Å²) in [5.41, 5.74) is 5.19. The van der Waals surface area contributed by atoms with E-state index < -0.39 is 12.0 Å². The third kappa shape index (κ3) is 9.49. The molecule has 0 heterocycles. The van der Waals surface area contributed by atoms with Crippen LogP contribution in [0.4, 0.5) is 0 Å². The Hall–Kier alpha value is -0.810. The molecule has 0 aliphatic rings. The Morgan fingerprint density at radius 1 is 1.40 bits per heavy atom. The van der Waals surface area contributed by atoms with Gasteiger partial charge >= 0.3 is 5.97 Å². The van der Waals surface area contributed by atoms with E-state index in [0.29, 0.717) is 6.54 Å². The van der Waals surface area contributed by atoms with E-state index in [4.69, 9.17) is 10.8 Å². The summed E-state index contributed by atoms with van der Waals surface area (Å²) in [6.07, 6.45) is -0.175. The molecular formula is C9H19ClN2O3. The smallest absolute Gasteiger partial charge is 0.321 e. The van der Waals surface area contributed by atoms with Gasteiger partial charge in [-0.25, -0.2) is 0 Å². The molecule has 1 atom stereocenters. The van der Waals surface area contributed by atoms with Gasteiger partial charge in [-0.05, 0) is 5.41 Å². The number of carboxylic acids is 1. The molecule has 0 bridgehead atoms. The first-order valence-corrected chi connectivity index (χ1v) is 4.47. The van der Waals surface area contributed by atoms with Crippen LogP contribution in [0.1, 0.15) is 27.2 Å². The fourth-order valence-corrected chi connectivity index (χ4v) is 0.723. The lowest BCUT2D eigenvalue weighted by molar-refractivity contribution is -0.140. The number of amides is 1. The molecular weight excluding hydrogens is 220 g/mol. The highest BCUT2D eigenvalue weighted by Crippen LogP contribution is 2.10. The van der Waals surface area contributed by atoms with Gasteiger partial charge in [-0.1, -0.05) is 20.8 Å². The van der Waals surface area contributed by atoms with Crippen LogP contribution >= 0.6 is 12.4 Å². The van der Waals surface area contributed by atoms with Crippen molar-refractivity contribution in [2.24, 2.45) is 11.1 Å². The van der Waals surface area contributed by atoms with Crippen molar-refractivity contribution in [3.63, 3.8) is 0 Å². The van der Waals surface area contributed by atoms with Crippen LogP contribution in [0, 0.1) is 5.41 Å². The lowest BCUT2D eigenvalue weighted by Crippen LogP contribution is -2.39. The molecule has 0 aromatic heterocycles. The van der Waals surface area contributed by atoms with E-state index in [0.717, 1.165) is 0 Å². The maximum Gasteiger partial charge on any atom is 0.321 e. The van der Waals surface area contributed by atoms with Crippen LogP contribution in [0.15, 0.2) is 0 Å². The highest BCUT2D eigenvalue weighted by Gasteiger charge is 2.17. The number of halogens is 1. The van der Waals surface area contributed by atoms with Crippen molar-refractivity contribution in [2.45, 2.75) is 33.2 Å². The molecule has 0 saturated carbocycles. The van der Waals surface area contributed by atoms with Gasteiger partial charge < -0.3 is 16.2 Å². The fraction of sp³-hybridized carbons (Fsp3) is 0.778. The molecule has 6 heteroatoms. The minimum Gasteiger partial charge on any atom is -0.480 e. The Morgan fingerprint density at radius 3 is 2.20 bits per heavy atom. The molecule has 0 spiro atoms. The second kappa shape index (κ2) is 6.63. The Bertz CT molecular complexity index is 226. The molecule has 0 radical (unpaired) electrons. The van der Waals surface area contributed by atoms with E-state index >= 15 is 0 Å². The third-order valence-electron chi connectivity index (χ3n) is 1.54. The standard InChI is InChI=1S/C9H18N2O3.ClH/c1-9(2,3)5-11-7(12)4-6(10)8(13)14;/h6H,4-5,10H2,1-3H3,(H,11,12)(H,13,14);1H/t6-;/m0./s1. The number of aliphatic carboxylic acids is 1. The zero-order chi connectivity index (χ0) is 11.4. The lowest BCUT2D eigenvalue weighted by Gasteiger charge is -2.19. The number of carbonyl (C=O) groups excluding carboxylic acids is 1. The minimum atomic E-state index is -1.16. The van der Waals surface area contributed by atoms with Crippen molar-refractivity contribution in [1.29, 1.82) is 0 Å². The van der Waals surface area contributed by atoms with Crippen LogP contribution in [-0.2, 0) is 9.59 Å². The average molecular weight is 239 g/mol. The molecule has 5 nitrogen and oxygen atoms in total. The van der Waals surface area contributed by atoms with E-state index in [1.54, 1.807) is 0 Å². The van der Waals surface area contributed by atoms with Gasteiger partial charge in [-0.3, -0.25) is 9.59 Å². The summed E-state index contributed by atoms with van der Waals surface area (Å²) in [6, 6.07) is -1.12.